The van der Waals surface area contributed by atoms with Gasteiger partial charge in [-0.2, -0.15) is 0 Å². The number of carbonyl (C=O) groups is 2. The lowest BCUT2D eigenvalue weighted by Crippen LogP contribution is -2.39. The van der Waals surface area contributed by atoms with Gasteiger partial charge in [0.15, 0.2) is 5.25 Å². The molecule has 28 heavy (non-hydrogen) atoms. The highest BCUT2D eigenvalue weighted by Gasteiger charge is 2.37. The summed E-state index contributed by atoms with van der Waals surface area (Å²) in [5, 5.41) is 6.19. The third-order valence-corrected chi connectivity index (χ3v) is 5.38. The molecular weight excluding hydrogens is 384 g/mol. The van der Waals surface area contributed by atoms with E-state index in [1.807, 2.05) is 19.9 Å². The van der Waals surface area contributed by atoms with Gasteiger partial charge >= 0.3 is 5.97 Å². The summed E-state index contributed by atoms with van der Waals surface area (Å²) in [5.41, 5.74) is -1.18. The molecule has 148 valence electrons. The third-order valence-electron chi connectivity index (χ3n) is 4.33. The molecule has 0 saturated carbocycles. The summed E-state index contributed by atoms with van der Waals surface area (Å²) in [6.45, 7) is 5.55. The fourth-order valence-corrected chi connectivity index (χ4v) is 3.72. The van der Waals surface area contributed by atoms with Gasteiger partial charge in [-0.15, -0.1) is 11.8 Å². The fraction of sp³-hybridized carbons (Fsp3) is 0.368. The van der Waals surface area contributed by atoms with E-state index in [1.165, 1.54) is 5.41 Å². The van der Waals surface area contributed by atoms with Gasteiger partial charge in [-0.1, -0.05) is 6.92 Å². The lowest BCUT2D eigenvalue weighted by Gasteiger charge is -2.20. The van der Waals surface area contributed by atoms with E-state index in [0.717, 1.165) is 17.5 Å². The lowest BCUT2D eigenvalue weighted by atomic mass is 10.1. The van der Waals surface area contributed by atoms with E-state index in [9.17, 15) is 19.2 Å². The van der Waals surface area contributed by atoms with Crippen LogP contribution in [0.15, 0.2) is 37.2 Å². The molecule has 2 N–H and O–H groups in total. The number of hydrogen-bond acceptors (Lipinski definition) is 9. The van der Waals surface area contributed by atoms with Crippen LogP contribution in [0.2, 0.25) is 0 Å². The SMILES string of the molecule is CCOC(=O)C1SC=C(Nc2c(N[C@H](CC)c3ccc(C)o3)c(=O)c2=O)C1=O. The number of ketones is 1. The largest absolute Gasteiger partial charge is 0.465 e. The summed E-state index contributed by atoms with van der Waals surface area (Å²) in [6, 6.07) is 3.32. The maximum Gasteiger partial charge on any atom is 0.327 e. The van der Waals surface area contributed by atoms with Crippen LogP contribution >= 0.6 is 11.8 Å². The van der Waals surface area contributed by atoms with E-state index in [1.54, 1.807) is 13.0 Å². The third kappa shape index (κ3) is 3.62. The molecule has 1 aromatic carbocycles. The first-order valence-electron chi connectivity index (χ1n) is 8.87. The molecule has 2 atom stereocenters. The maximum absolute atomic E-state index is 12.4. The van der Waals surface area contributed by atoms with Crippen LogP contribution in [0, 0.1) is 6.92 Å². The van der Waals surface area contributed by atoms with Crippen LogP contribution in [0.1, 0.15) is 37.8 Å². The molecule has 1 aliphatic rings. The molecular formula is C19H20N2O6S. The molecule has 0 radical (unpaired) electrons. The number of esters is 1. The minimum absolute atomic E-state index is 0.0106. The number of Topliss-reactive ketones (excluding diaryl/α,β-unsaturated/α-hetero) is 1. The summed E-state index contributed by atoms with van der Waals surface area (Å²) >= 11 is 1.00. The molecule has 1 aromatic heterocycles. The van der Waals surface area contributed by atoms with E-state index < -0.39 is 27.9 Å². The van der Waals surface area contributed by atoms with E-state index >= 15 is 0 Å². The fourth-order valence-electron chi connectivity index (χ4n) is 2.84. The summed E-state index contributed by atoms with van der Waals surface area (Å²) in [6.07, 6.45) is 0.619. The van der Waals surface area contributed by atoms with Crippen molar-refractivity contribution in [1.29, 1.82) is 0 Å². The molecule has 0 saturated heterocycles. The number of anilines is 2. The molecule has 0 fully saturated rings. The van der Waals surface area contributed by atoms with E-state index in [2.05, 4.69) is 10.6 Å². The number of aryl methyl sites for hydroxylation is 1. The summed E-state index contributed by atoms with van der Waals surface area (Å²) in [5.74, 6) is 0.264. The number of furan rings is 1. The zero-order chi connectivity index (χ0) is 20.4. The molecule has 0 bridgehead atoms. The number of ether oxygens (including phenoxy) is 1. The smallest absolute Gasteiger partial charge is 0.327 e. The first-order valence-corrected chi connectivity index (χ1v) is 9.81. The van der Waals surface area contributed by atoms with E-state index in [0.29, 0.717) is 12.2 Å². The van der Waals surface area contributed by atoms with Crippen molar-refractivity contribution >= 4 is 34.9 Å². The average Bonchev–Trinajstić information content (AvgIpc) is 3.27. The standard InChI is InChI=1S/C19H20N2O6S/c1-4-10(12-7-6-9(3)27-12)20-13-14(17(24)16(13)23)21-11-8-28-18(15(11)22)19(25)26-5-2/h6-8,10,18,20-21H,4-5H2,1-3H3/t10-,18?/m1/s1. The van der Waals surface area contributed by atoms with Crippen LogP contribution in [0.4, 0.5) is 11.4 Å². The molecule has 1 aliphatic heterocycles. The molecule has 0 spiro atoms. The Morgan fingerprint density at radius 3 is 2.54 bits per heavy atom. The number of allylic oxidation sites excluding steroid dienone is 1. The van der Waals surface area contributed by atoms with Gasteiger partial charge < -0.3 is 19.8 Å². The van der Waals surface area contributed by atoms with Crippen molar-refractivity contribution in [2.45, 2.75) is 38.5 Å². The Kier molecular flexibility index (Phi) is 5.73. The van der Waals surface area contributed by atoms with Gasteiger partial charge in [0, 0.05) is 0 Å². The van der Waals surface area contributed by atoms with Crippen LogP contribution < -0.4 is 21.5 Å². The Bertz CT molecular complexity index is 1010. The summed E-state index contributed by atoms with van der Waals surface area (Å²) in [4.78, 5) is 48.3. The van der Waals surface area contributed by atoms with E-state index in [4.69, 9.17) is 9.15 Å². The Hall–Kier alpha value is -2.81. The predicted molar refractivity (Wildman–Crippen MR) is 106 cm³/mol. The second kappa shape index (κ2) is 8.05. The number of carbonyl (C=O) groups excluding carboxylic acids is 2. The van der Waals surface area contributed by atoms with Crippen LogP contribution in [-0.4, -0.2) is 23.6 Å². The van der Waals surface area contributed by atoms with Crippen molar-refractivity contribution in [2.24, 2.45) is 0 Å². The number of rotatable bonds is 8. The zero-order valence-corrected chi connectivity index (χ0v) is 16.5. The van der Waals surface area contributed by atoms with Gasteiger partial charge in [-0.3, -0.25) is 19.2 Å². The van der Waals surface area contributed by atoms with Gasteiger partial charge in [-0.05, 0) is 37.8 Å². The second-order valence-corrected chi connectivity index (χ2v) is 7.23. The minimum Gasteiger partial charge on any atom is -0.465 e. The minimum atomic E-state index is -1.00. The van der Waals surface area contributed by atoms with Gasteiger partial charge in [0.25, 0.3) is 10.9 Å². The Balaban J connectivity index is 1.76. The van der Waals surface area contributed by atoms with Gasteiger partial charge in [0.2, 0.25) is 5.78 Å². The van der Waals surface area contributed by atoms with Crippen molar-refractivity contribution < 1.29 is 18.7 Å². The van der Waals surface area contributed by atoms with Crippen molar-refractivity contribution in [2.75, 3.05) is 17.2 Å². The molecule has 3 rings (SSSR count). The van der Waals surface area contributed by atoms with Crippen molar-refractivity contribution in [1.82, 2.24) is 0 Å². The van der Waals surface area contributed by atoms with E-state index in [-0.39, 0.29) is 29.7 Å². The molecule has 0 amide bonds. The highest BCUT2D eigenvalue weighted by atomic mass is 32.2. The molecule has 1 unspecified atom stereocenters. The lowest BCUT2D eigenvalue weighted by molar-refractivity contribution is -0.144. The second-order valence-electron chi connectivity index (χ2n) is 6.25. The first kappa shape index (κ1) is 19.9. The monoisotopic (exact) mass is 404 g/mol. The maximum atomic E-state index is 12.4. The molecule has 2 heterocycles. The quantitative estimate of drug-likeness (QED) is 0.388. The van der Waals surface area contributed by atoms with Gasteiger partial charge in [0.05, 0.1) is 18.3 Å². The van der Waals surface area contributed by atoms with Crippen molar-refractivity contribution in [3.63, 3.8) is 0 Å². The molecule has 0 aliphatic carbocycles. The average molecular weight is 404 g/mol. The van der Waals surface area contributed by atoms with Crippen LogP contribution in [0.25, 0.3) is 0 Å². The number of thioether (sulfide) groups is 1. The van der Waals surface area contributed by atoms with Gasteiger partial charge in [-0.25, -0.2) is 0 Å². The topological polar surface area (TPSA) is 115 Å². The molecule has 8 nitrogen and oxygen atoms in total. The van der Waals surface area contributed by atoms with Gasteiger partial charge in [0.1, 0.15) is 22.9 Å². The Morgan fingerprint density at radius 1 is 1.21 bits per heavy atom. The highest BCUT2D eigenvalue weighted by Crippen LogP contribution is 2.31. The number of nitrogens with one attached hydrogen (secondary N) is 2. The highest BCUT2D eigenvalue weighted by molar-refractivity contribution is 8.04. The Labute approximate surface area is 165 Å². The molecule has 2 aromatic rings. The van der Waals surface area contributed by atoms with Crippen LogP contribution in [0.3, 0.4) is 0 Å². The predicted octanol–water partition coefficient (Wildman–Crippen LogP) is 2.25. The zero-order valence-electron chi connectivity index (χ0n) is 15.7. The van der Waals surface area contributed by atoms with Crippen molar-refractivity contribution in [3.05, 3.63) is 55.2 Å². The first-order chi connectivity index (χ1) is 13.4. The van der Waals surface area contributed by atoms with Crippen LogP contribution in [0.5, 0.6) is 0 Å². The number of hydrogen-bond donors (Lipinski definition) is 2. The summed E-state index contributed by atoms with van der Waals surface area (Å²) < 4.78 is 10.5. The molecule has 9 heteroatoms. The van der Waals surface area contributed by atoms with Crippen LogP contribution in [-0.2, 0) is 14.3 Å². The Morgan fingerprint density at radius 2 is 1.93 bits per heavy atom. The normalized spacial score (nSPS) is 17.5. The van der Waals surface area contributed by atoms with Crippen molar-refractivity contribution in [3.8, 4) is 0 Å². The summed E-state index contributed by atoms with van der Waals surface area (Å²) in [7, 11) is 0.